The van der Waals surface area contributed by atoms with Crippen LogP contribution in [0.1, 0.15) is 0 Å². The lowest BCUT2D eigenvalue weighted by Crippen LogP contribution is -1.97. The molecule has 0 radical (unpaired) electrons. The van der Waals surface area contributed by atoms with Crippen LogP contribution >= 0.6 is 11.6 Å². The minimum absolute atomic E-state index is 0.197. The molecule has 3 N–H and O–H groups in total. The number of hydrogen-bond acceptors (Lipinski definition) is 3. The summed E-state index contributed by atoms with van der Waals surface area (Å²) >= 11 is 5.84. The van der Waals surface area contributed by atoms with E-state index < -0.39 is 17.4 Å². The molecule has 0 fully saturated rings. The number of aromatic nitrogens is 2. The third-order valence-corrected chi connectivity index (χ3v) is 2.96. The molecule has 0 saturated heterocycles. The van der Waals surface area contributed by atoms with E-state index in [9.17, 15) is 8.78 Å². The highest BCUT2D eigenvalue weighted by Gasteiger charge is 2.16. The molecule has 2 aromatic heterocycles. The van der Waals surface area contributed by atoms with E-state index in [4.69, 9.17) is 22.1 Å². The average molecular weight is 296 g/mol. The number of nitrogens with zero attached hydrogens (tertiary/aromatic N) is 1. The zero-order chi connectivity index (χ0) is 14.3. The third-order valence-electron chi connectivity index (χ3n) is 2.75. The van der Waals surface area contributed by atoms with Crippen LogP contribution in [0.5, 0.6) is 11.5 Å². The molecule has 0 aliphatic heterocycles. The number of anilines is 1. The summed E-state index contributed by atoms with van der Waals surface area (Å²) in [5.74, 6) is -2.15. The second-order valence-electron chi connectivity index (χ2n) is 4.08. The van der Waals surface area contributed by atoms with Gasteiger partial charge in [-0.15, -0.1) is 0 Å². The van der Waals surface area contributed by atoms with Crippen LogP contribution in [0.15, 0.2) is 30.6 Å². The van der Waals surface area contributed by atoms with E-state index in [1.165, 1.54) is 12.4 Å². The normalized spacial score (nSPS) is 10.9. The molecule has 7 heteroatoms. The smallest absolute Gasteiger partial charge is 0.200 e. The zero-order valence-electron chi connectivity index (χ0n) is 9.95. The maximum atomic E-state index is 13.8. The maximum Gasteiger partial charge on any atom is 0.200 e. The van der Waals surface area contributed by atoms with Gasteiger partial charge in [-0.25, -0.2) is 13.8 Å². The summed E-state index contributed by atoms with van der Waals surface area (Å²) in [5.41, 5.74) is 5.69. The van der Waals surface area contributed by atoms with Crippen LogP contribution in [0.2, 0.25) is 5.02 Å². The lowest BCUT2D eigenvalue weighted by molar-refractivity contribution is 0.412. The molecule has 0 amide bonds. The molecular weight excluding hydrogens is 288 g/mol. The number of hydrogen-bond donors (Lipinski definition) is 2. The molecule has 0 aliphatic carbocycles. The number of rotatable bonds is 2. The highest BCUT2D eigenvalue weighted by atomic mass is 35.5. The van der Waals surface area contributed by atoms with Gasteiger partial charge in [-0.3, -0.25) is 0 Å². The first kappa shape index (κ1) is 12.7. The van der Waals surface area contributed by atoms with Gasteiger partial charge in [-0.1, -0.05) is 11.6 Å². The van der Waals surface area contributed by atoms with Gasteiger partial charge in [0.15, 0.2) is 17.4 Å². The summed E-state index contributed by atoms with van der Waals surface area (Å²) in [4.78, 5) is 6.84. The van der Waals surface area contributed by atoms with Gasteiger partial charge in [0.05, 0.1) is 16.1 Å². The molecule has 0 unspecified atom stereocenters. The van der Waals surface area contributed by atoms with E-state index in [0.29, 0.717) is 16.1 Å². The number of nitrogens with two attached hydrogens (primary N) is 1. The van der Waals surface area contributed by atoms with E-state index >= 15 is 0 Å². The van der Waals surface area contributed by atoms with E-state index in [2.05, 4.69) is 9.97 Å². The minimum atomic E-state index is -0.950. The van der Waals surface area contributed by atoms with Crippen LogP contribution < -0.4 is 10.5 Å². The van der Waals surface area contributed by atoms with E-state index in [1.54, 1.807) is 6.07 Å². The van der Waals surface area contributed by atoms with Crippen molar-refractivity contribution in [3.05, 3.63) is 47.2 Å². The van der Waals surface area contributed by atoms with Gasteiger partial charge in [0.25, 0.3) is 0 Å². The van der Waals surface area contributed by atoms with Gasteiger partial charge in [-0.2, -0.15) is 0 Å². The second kappa shape index (κ2) is 4.64. The fraction of sp³-hybridized carbons (Fsp3) is 0. The van der Waals surface area contributed by atoms with Gasteiger partial charge in [0.2, 0.25) is 5.75 Å². The molecule has 3 rings (SSSR count). The molecule has 0 spiro atoms. The summed E-state index contributed by atoms with van der Waals surface area (Å²) in [6, 6.07) is 3.75. The molecule has 102 valence electrons. The van der Waals surface area contributed by atoms with Crippen molar-refractivity contribution >= 4 is 28.3 Å². The summed E-state index contributed by atoms with van der Waals surface area (Å²) in [6.45, 7) is 0. The highest BCUT2D eigenvalue weighted by molar-refractivity contribution is 6.31. The van der Waals surface area contributed by atoms with Crippen molar-refractivity contribution in [1.29, 1.82) is 0 Å². The van der Waals surface area contributed by atoms with E-state index in [-0.39, 0.29) is 11.4 Å². The number of ether oxygens (including phenoxy) is 1. The minimum Gasteiger partial charge on any atom is -0.449 e. The van der Waals surface area contributed by atoms with Crippen LogP contribution in [0, 0.1) is 11.6 Å². The standard InChI is InChI=1S/C13H8ClF2N3O/c14-6-3-7-10(5-19-13(7)18-4-6)20-12-8(15)1-2-9(17)11(12)16/h1-5H,17H2,(H,18,19). The predicted octanol–water partition coefficient (Wildman–Crippen LogP) is 3.87. The summed E-state index contributed by atoms with van der Waals surface area (Å²) in [6.07, 6.45) is 2.89. The predicted molar refractivity (Wildman–Crippen MR) is 71.9 cm³/mol. The van der Waals surface area contributed by atoms with Crippen molar-refractivity contribution in [2.75, 3.05) is 5.73 Å². The number of nitrogens with one attached hydrogen (secondary N) is 1. The Bertz CT molecular complexity index is 804. The molecule has 0 atom stereocenters. The van der Waals surface area contributed by atoms with Crippen LogP contribution in [0.3, 0.4) is 0 Å². The molecule has 0 bridgehead atoms. The number of nitrogen functional groups attached to an aromatic ring is 1. The molecule has 2 heterocycles. The van der Waals surface area contributed by atoms with Gasteiger partial charge >= 0.3 is 0 Å². The lowest BCUT2D eigenvalue weighted by Gasteiger charge is -2.08. The Kier molecular flexibility index (Phi) is 2.94. The Labute approximate surface area is 117 Å². The van der Waals surface area contributed by atoms with Crippen molar-refractivity contribution < 1.29 is 13.5 Å². The average Bonchev–Trinajstić information content (AvgIpc) is 2.81. The first-order chi connectivity index (χ1) is 9.56. The summed E-state index contributed by atoms with van der Waals surface area (Å²) in [5, 5.41) is 0.897. The van der Waals surface area contributed by atoms with Crippen molar-refractivity contribution in [2.45, 2.75) is 0 Å². The zero-order valence-corrected chi connectivity index (χ0v) is 10.7. The fourth-order valence-corrected chi connectivity index (χ4v) is 1.95. The van der Waals surface area contributed by atoms with Gasteiger partial charge in [0.1, 0.15) is 5.65 Å². The second-order valence-corrected chi connectivity index (χ2v) is 4.52. The van der Waals surface area contributed by atoms with Crippen molar-refractivity contribution in [2.24, 2.45) is 0 Å². The molecule has 3 aromatic rings. The van der Waals surface area contributed by atoms with Gasteiger partial charge < -0.3 is 15.5 Å². The number of benzene rings is 1. The molecular formula is C13H8ClF2N3O. The third kappa shape index (κ3) is 2.04. The number of fused-ring (bicyclic) bond motifs is 1. The Morgan fingerprint density at radius 2 is 2.10 bits per heavy atom. The maximum absolute atomic E-state index is 13.8. The first-order valence-electron chi connectivity index (χ1n) is 5.60. The molecule has 0 aliphatic rings. The van der Waals surface area contributed by atoms with Gasteiger partial charge in [0, 0.05) is 12.4 Å². The number of pyridine rings is 1. The Morgan fingerprint density at radius 3 is 2.90 bits per heavy atom. The Morgan fingerprint density at radius 1 is 1.30 bits per heavy atom. The Hall–Kier alpha value is -2.34. The highest BCUT2D eigenvalue weighted by Crippen LogP contribution is 2.34. The first-order valence-corrected chi connectivity index (χ1v) is 5.98. The van der Waals surface area contributed by atoms with Crippen LogP contribution in [0.25, 0.3) is 11.0 Å². The summed E-state index contributed by atoms with van der Waals surface area (Å²) < 4.78 is 32.7. The fourth-order valence-electron chi connectivity index (χ4n) is 1.79. The molecule has 20 heavy (non-hydrogen) atoms. The van der Waals surface area contributed by atoms with Crippen molar-refractivity contribution in [1.82, 2.24) is 9.97 Å². The van der Waals surface area contributed by atoms with Crippen LogP contribution in [-0.4, -0.2) is 9.97 Å². The van der Waals surface area contributed by atoms with E-state index in [1.807, 2.05) is 0 Å². The van der Waals surface area contributed by atoms with Crippen molar-refractivity contribution in [3.63, 3.8) is 0 Å². The van der Waals surface area contributed by atoms with Crippen molar-refractivity contribution in [3.8, 4) is 11.5 Å². The van der Waals surface area contributed by atoms with Gasteiger partial charge in [-0.05, 0) is 18.2 Å². The Balaban J connectivity index is 2.10. The molecule has 4 nitrogen and oxygen atoms in total. The largest absolute Gasteiger partial charge is 0.449 e. The monoisotopic (exact) mass is 295 g/mol. The van der Waals surface area contributed by atoms with Crippen LogP contribution in [-0.2, 0) is 0 Å². The van der Waals surface area contributed by atoms with E-state index in [0.717, 1.165) is 12.1 Å². The topological polar surface area (TPSA) is 63.9 Å². The number of halogens is 3. The molecule has 1 aromatic carbocycles. The SMILES string of the molecule is Nc1ccc(F)c(Oc2c[nH]c3ncc(Cl)cc23)c1F. The summed E-state index contributed by atoms with van der Waals surface area (Å²) in [7, 11) is 0. The molecule has 0 saturated carbocycles. The number of H-pyrrole nitrogens is 1. The quantitative estimate of drug-likeness (QED) is 0.705. The van der Waals surface area contributed by atoms with Crippen LogP contribution in [0.4, 0.5) is 14.5 Å². The lowest BCUT2D eigenvalue weighted by atomic mass is 10.2. The number of aromatic amines is 1.